The van der Waals surface area contributed by atoms with Gasteiger partial charge in [-0.3, -0.25) is 19.2 Å². The number of benzene rings is 1. The van der Waals surface area contributed by atoms with Crippen molar-refractivity contribution in [2.45, 2.75) is 130 Å². The number of rotatable bonds is 15. The number of sulfone groups is 1. The fourth-order valence-electron chi connectivity index (χ4n) is 7.36. The number of carbonyl (C=O) groups is 5. The summed E-state index contributed by atoms with van der Waals surface area (Å²) in [6.07, 6.45) is 3.77. The summed E-state index contributed by atoms with van der Waals surface area (Å²) in [5.41, 5.74) is 3.70. The standard InChI is InChI=1S/C38H61N5O7S/c1-24(2)19-38(9,23-51(49,50)22-27-14-11-10-12-15-27)42-35(48)41-31(36(4,5)6)34(47)43-21-25(3)37(7,8)20-29(43)33(46)40-28(30(44)32(39)45)18-26-16-13-17-26/h10-12,14-15,24-26,28-29,31H,13,16-23H2,1-9H3,(H2,39,45)(H,40,46)(H2,41,42,48)/t25?,28?,29-,31+,38?/m0/s1. The van der Waals surface area contributed by atoms with Gasteiger partial charge < -0.3 is 26.6 Å². The maximum atomic E-state index is 14.6. The van der Waals surface area contributed by atoms with Crippen LogP contribution in [0.5, 0.6) is 0 Å². The predicted molar refractivity (Wildman–Crippen MR) is 198 cm³/mol. The van der Waals surface area contributed by atoms with Crippen LogP contribution in [0.2, 0.25) is 0 Å². The van der Waals surface area contributed by atoms with Gasteiger partial charge in [0.15, 0.2) is 9.84 Å². The molecule has 0 spiro atoms. The highest BCUT2D eigenvalue weighted by Gasteiger charge is 2.48. The second-order valence-corrected chi connectivity index (χ2v) is 19.6. The maximum Gasteiger partial charge on any atom is 0.315 e. The van der Waals surface area contributed by atoms with E-state index in [0.717, 1.165) is 19.3 Å². The van der Waals surface area contributed by atoms with Gasteiger partial charge >= 0.3 is 6.03 Å². The lowest BCUT2D eigenvalue weighted by molar-refractivity contribution is -0.151. The van der Waals surface area contributed by atoms with Crippen LogP contribution >= 0.6 is 0 Å². The molecule has 1 aliphatic heterocycles. The zero-order valence-corrected chi connectivity index (χ0v) is 32.8. The molecule has 13 heteroatoms. The van der Waals surface area contributed by atoms with E-state index in [9.17, 15) is 32.4 Å². The topological polar surface area (TPSA) is 185 Å². The Morgan fingerprint density at radius 3 is 2.12 bits per heavy atom. The van der Waals surface area contributed by atoms with Crippen LogP contribution in [-0.4, -0.2) is 78.8 Å². The Balaban J connectivity index is 1.87. The van der Waals surface area contributed by atoms with Crippen molar-refractivity contribution in [3.8, 4) is 0 Å². The van der Waals surface area contributed by atoms with Gasteiger partial charge in [0.25, 0.3) is 5.91 Å². The Kier molecular flexibility index (Phi) is 13.5. The van der Waals surface area contributed by atoms with Crippen molar-refractivity contribution >= 4 is 39.4 Å². The van der Waals surface area contributed by atoms with E-state index in [1.807, 2.05) is 40.7 Å². The first-order chi connectivity index (χ1) is 23.4. The number of hydrogen-bond acceptors (Lipinski definition) is 7. The fourth-order valence-corrected chi connectivity index (χ4v) is 9.32. The van der Waals surface area contributed by atoms with Gasteiger partial charge in [-0.2, -0.15) is 0 Å². The van der Waals surface area contributed by atoms with Gasteiger partial charge in [-0.25, -0.2) is 13.2 Å². The number of ketones is 1. The van der Waals surface area contributed by atoms with Crippen LogP contribution in [0.4, 0.5) is 4.79 Å². The van der Waals surface area contributed by atoms with Crippen LogP contribution in [0.25, 0.3) is 0 Å². The van der Waals surface area contributed by atoms with Gasteiger partial charge in [-0.15, -0.1) is 0 Å². The van der Waals surface area contributed by atoms with Gasteiger partial charge in [0.2, 0.25) is 17.6 Å². The number of nitrogens with one attached hydrogen (secondary N) is 3. The molecule has 5 amide bonds. The molecule has 51 heavy (non-hydrogen) atoms. The molecule has 1 saturated carbocycles. The van der Waals surface area contributed by atoms with Crippen LogP contribution in [-0.2, 0) is 34.8 Å². The summed E-state index contributed by atoms with van der Waals surface area (Å²) in [6.45, 7) is 17.3. The summed E-state index contributed by atoms with van der Waals surface area (Å²) >= 11 is 0. The zero-order valence-electron chi connectivity index (χ0n) is 32.0. The Morgan fingerprint density at radius 1 is 1.00 bits per heavy atom. The van der Waals surface area contributed by atoms with E-state index in [2.05, 4.69) is 16.0 Å². The Bertz CT molecular complexity index is 1530. The molecule has 1 aliphatic carbocycles. The molecule has 2 aliphatic rings. The molecule has 3 unspecified atom stereocenters. The number of urea groups is 1. The number of piperidine rings is 1. The number of nitrogens with two attached hydrogens (primary N) is 1. The van der Waals surface area contributed by atoms with Gasteiger partial charge in [-0.1, -0.05) is 105 Å². The van der Waals surface area contributed by atoms with Crippen LogP contribution in [0.15, 0.2) is 30.3 Å². The normalized spacial score (nSPS) is 21.8. The number of hydrogen-bond donors (Lipinski definition) is 4. The molecule has 5 atom stereocenters. The Morgan fingerprint density at radius 2 is 1.61 bits per heavy atom. The maximum absolute atomic E-state index is 14.6. The number of nitrogens with zero attached hydrogens (tertiary/aromatic N) is 1. The molecule has 1 saturated heterocycles. The number of carbonyl (C=O) groups excluding carboxylic acids is 5. The van der Waals surface area contributed by atoms with Crippen LogP contribution < -0.4 is 21.7 Å². The van der Waals surface area contributed by atoms with E-state index in [0.29, 0.717) is 24.8 Å². The van der Waals surface area contributed by atoms with Crippen LogP contribution in [0, 0.1) is 28.6 Å². The number of Topliss-reactive ketones (excluding diaryl/α,β-unsaturated/α-hetero) is 1. The van der Waals surface area contributed by atoms with E-state index in [4.69, 9.17) is 5.73 Å². The number of amides is 5. The zero-order chi connectivity index (χ0) is 38.5. The largest absolute Gasteiger partial charge is 0.363 e. The number of primary amides is 1. The van der Waals surface area contributed by atoms with E-state index in [-0.39, 0.29) is 41.2 Å². The smallest absolute Gasteiger partial charge is 0.315 e. The van der Waals surface area contributed by atoms with Crippen molar-refractivity contribution in [3.05, 3.63) is 35.9 Å². The summed E-state index contributed by atoms with van der Waals surface area (Å²) in [5, 5.41) is 8.52. The van der Waals surface area contributed by atoms with E-state index in [1.54, 1.807) is 52.0 Å². The van der Waals surface area contributed by atoms with Crippen molar-refractivity contribution in [2.75, 3.05) is 12.3 Å². The average Bonchev–Trinajstić information content (AvgIpc) is 2.95. The SMILES string of the molecule is CC(C)CC(C)(CS(=O)(=O)Cc1ccccc1)NC(=O)N[C@H](C(=O)N1CC(C)C(C)(C)C[C@H]1C(=O)NC(CC1CCC1)C(=O)C(N)=O)C(C)(C)C. The molecule has 1 aromatic carbocycles. The van der Waals surface area contributed by atoms with E-state index < -0.39 is 68.5 Å². The van der Waals surface area contributed by atoms with Crippen molar-refractivity contribution in [1.82, 2.24) is 20.9 Å². The lowest BCUT2D eigenvalue weighted by Crippen LogP contribution is -2.66. The lowest BCUT2D eigenvalue weighted by Gasteiger charge is -2.49. The molecule has 286 valence electrons. The van der Waals surface area contributed by atoms with Crippen molar-refractivity contribution in [3.63, 3.8) is 0 Å². The van der Waals surface area contributed by atoms with Crippen LogP contribution in [0.1, 0.15) is 106 Å². The molecule has 0 aromatic heterocycles. The minimum atomic E-state index is -3.65. The monoisotopic (exact) mass is 731 g/mol. The molecule has 12 nitrogen and oxygen atoms in total. The predicted octanol–water partition coefficient (Wildman–Crippen LogP) is 4.11. The van der Waals surface area contributed by atoms with Gasteiger partial charge in [0.05, 0.1) is 23.1 Å². The molecule has 5 N–H and O–H groups in total. The Hall–Kier alpha value is -3.48. The quantitative estimate of drug-likeness (QED) is 0.196. The highest BCUT2D eigenvalue weighted by molar-refractivity contribution is 7.90. The molecule has 2 fully saturated rings. The highest BCUT2D eigenvalue weighted by atomic mass is 32.2. The summed E-state index contributed by atoms with van der Waals surface area (Å²) in [4.78, 5) is 68.5. The van der Waals surface area contributed by atoms with E-state index in [1.165, 1.54) is 4.90 Å². The molecular weight excluding hydrogens is 671 g/mol. The molecule has 0 bridgehead atoms. The minimum Gasteiger partial charge on any atom is -0.363 e. The van der Waals surface area contributed by atoms with Gasteiger partial charge in [0, 0.05) is 6.54 Å². The highest BCUT2D eigenvalue weighted by Crippen LogP contribution is 2.40. The minimum absolute atomic E-state index is 0.0119. The first kappa shape index (κ1) is 41.9. The first-order valence-corrected chi connectivity index (χ1v) is 20.0. The molecule has 1 heterocycles. The summed E-state index contributed by atoms with van der Waals surface area (Å²) < 4.78 is 26.8. The molecule has 1 aromatic rings. The lowest BCUT2D eigenvalue weighted by atomic mass is 9.71. The summed E-state index contributed by atoms with van der Waals surface area (Å²) in [7, 11) is -3.65. The molecular formula is C38H61N5O7S. The van der Waals surface area contributed by atoms with E-state index >= 15 is 0 Å². The summed E-state index contributed by atoms with van der Waals surface area (Å²) in [5.74, 6) is -3.25. The number of likely N-dealkylation sites (tertiary alicyclic amines) is 1. The van der Waals surface area contributed by atoms with Crippen molar-refractivity contribution in [1.29, 1.82) is 0 Å². The van der Waals surface area contributed by atoms with Gasteiger partial charge in [0.1, 0.15) is 12.1 Å². The third kappa shape index (κ3) is 11.8. The third-order valence-corrected chi connectivity index (χ3v) is 12.4. The molecule has 0 radical (unpaired) electrons. The summed E-state index contributed by atoms with van der Waals surface area (Å²) in [6, 6.07) is 5.02. The first-order valence-electron chi connectivity index (χ1n) is 18.2. The average molecular weight is 732 g/mol. The Labute approximate surface area is 304 Å². The second-order valence-electron chi connectivity index (χ2n) is 17.5. The van der Waals surface area contributed by atoms with Crippen LogP contribution in [0.3, 0.4) is 0 Å². The fraction of sp³-hybridized carbons (Fsp3) is 0.711. The van der Waals surface area contributed by atoms with Crippen molar-refractivity contribution in [2.24, 2.45) is 34.3 Å². The van der Waals surface area contributed by atoms with Crippen molar-refractivity contribution < 1.29 is 32.4 Å². The third-order valence-electron chi connectivity index (χ3n) is 10.6. The second kappa shape index (κ2) is 16.5. The molecule has 3 rings (SSSR count). The van der Waals surface area contributed by atoms with Gasteiger partial charge in [-0.05, 0) is 60.3 Å².